The number of β-amino-alcohol motifs (C(OH)–C–C–N with tert-alkyl or cyclic N) is 1. The van der Waals surface area contributed by atoms with E-state index in [0.717, 1.165) is 32.8 Å². The zero-order chi connectivity index (χ0) is 15.9. The predicted octanol–water partition coefficient (Wildman–Crippen LogP) is -1.17. The molecular formula is C15H25N3O4. The number of carbonyl (C=O) groups is 2. The van der Waals surface area contributed by atoms with Crippen molar-refractivity contribution in [2.24, 2.45) is 5.92 Å². The smallest absolute Gasteiger partial charge is 0.246 e. The lowest BCUT2D eigenvalue weighted by Crippen LogP contribution is -2.36. The van der Waals surface area contributed by atoms with Gasteiger partial charge in [-0.05, 0) is 0 Å². The van der Waals surface area contributed by atoms with Crippen molar-refractivity contribution in [2.75, 3.05) is 53.0 Å². The molecule has 124 valence electrons. The molecule has 2 saturated heterocycles. The lowest BCUT2D eigenvalue weighted by atomic mass is 10.0. The van der Waals surface area contributed by atoms with E-state index >= 15 is 0 Å². The molecule has 2 N–H and O–H groups in total. The van der Waals surface area contributed by atoms with Gasteiger partial charge in [0.15, 0.2) is 0 Å². The second-order valence-corrected chi connectivity index (χ2v) is 5.76. The van der Waals surface area contributed by atoms with Crippen LogP contribution < -0.4 is 5.32 Å². The molecule has 0 unspecified atom stereocenters. The maximum absolute atomic E-state index is 12.1. The fourth-order valence-corrected chi connectivity index (χ4v) is 2.77. The van der Waals surface area contributed by atoms with Crippen molar-refractivity contribution >= 4 is 11.8 Å². The van der Waals surface area contributed by atoms with Gasteiger partial charge < -0.3 is 20.1 Å². The maximum Gasteiger partial charge on any atom is 0.246 e. The van der Waals surface area contributed by atoms with Crippen molar-refractivity contribution < 1.29 is 19.4 Å². The Morgan fingerprint density at radius 1 is 1.32 bits per heavy atom. The molecule has 22 heavy (non-hydrogen) atoms. The summed E-state index contributed by atoms with van der Waals surface area (Å²) in [5.74, 6) is -0.399. The fraction of sp³-hybridized carbons (Fsp3) is 0.733. The molecule has 0 aromatic heterocycles. The highest BCUT2D eigenvalue weighted by atomic mass is 16.5. The molecule has 2 atom stereocenters. The molecule has 0 aromatic carbocycles. The molecule has 2 heterocycles. The first-order valence-corrected chi connectivity index (χ1v) is 7.74. The summed E-state index contributed by atoms with van der Waals surface area (Å²) >= 11 is 0. The summed E-state index contributed by atoms with van der Waals surface area (Å²) in [5.41, 5.74) is 0. The topological polar surface area (TPSA) is 82.1 Å². The number of ether oxygens (including phenoxy) is 1. The first-order valence-electron chi connectivity index (χ1n) is 7.74. The molecule has 0 spiro atoms. The molecule has 7 nitrogen and oxygen atoms in total. The van der Waals surface area contributed by atoms with E-state index in [2.05, 4.69) is 10.2 Å². The Morgan fingerprint density at radius 3 is 2.73 bits per heavy atom. The first kappa shape index (κ1) is 16.9. The van der Waals surface area contributed by atoms with E-state index in [-0.39, 0.29) is 24.2 Å². The Balaban J connectivity index is 1.76. The summed E-state index contributed by atoms with van der Waals surface area (Å²) in [4.78, 5) is 27.3. The number of likely N-dealkylation sites (tertiary alicyclic amines) is 1. The SMILES string of the molecule is CNC(=O)C[C@H]1CN(C(=O)/C=C/CN2CCOCC2)C[C@@H]1O. The number of aliphatic hydroxyl groups excluding tert-OH is 1. The van der Waals surface area contributed by atoms with Crippen molar-refractivity contribution in [3.05, 3.63) is 12.2 Å². The summed E-state index contributed by atoms with van der Waals surface area (Å²) in [6.07, 6.45) is 3.03. The molecule has 0 radical (unpaired) electrons. The summed E-state index contributed by atoms with van der Waals surface area (Å²) in [5, 5.41) is 12.5. The number of morpholine rings is 1. The van der Waals surface area contributed by atoms with Gasteiger partial charge in [-0.2, -0.15) is 0 Å². The van der Waals surface area contributed by atoms with Crippen LogP contribution in [0.3, 0.4) is 0 Å². The fourth-order valence-electron chi connectivity index (χ4n) is 2.77. The van der Waals surface area contributed by atoms with Crippen LogP contribution in [0.15, 0.2) is 12.2 Å². The summed E-state index contributed by atoms with van der Waals surface area (Å²) < 4.78 is 5.27. The van der Waals surface area contributed by atoms with Crippen molar-refractivity contribution in [3.8, 4) is 0 Å². The molecule has 2 fully saturated rings. The summed E-state index contributed by atoms with van der Waals surface area (Å²) in [6.45, 7) is 4.69. The predicted molar refractivity (Wildman–Crippen MR) is 81.2 cm³/mol. The van der Waals surface area contributed by atoms with E-state index in [1.54, 1.807) is 18.0 Å². The van der Waals surface area contributed by atoms with Gasteiger partial charge in [-0.15, -0.1) is 0 Å². The van der Waals surface area contributed by atoms with Gasteiger partial charge >= 0.3 is 0 Å². The highest BCUT2D eigenvalue weighted by Gasteiger charge is 2.34. The molecule has 0 saturated carbocycles. The molecule has 7 heteroatoms. The van der Waals surface area contributed by atoms with E-state index in [1.807, 2.05) is 6.08 Å². The summed E-state index contributed by atoms with van der Waals surface area (Å²) in [7, 11) is 1.57. The maximum atomic E-state index is 12.1. The molecule has 0 aromatic rings. The van der Waals surface area contributed by atoms with Crippen molar-refractivity contribution in [2.45, 2.75) is 12.5 Å². The van der Waals surface area contributed by atoms with Crippen LogP contribution in [0.2, 0.25) is 0 Å². The molecule has 2 aliphatic rings. The van der Waals surface area contributed by atoms with E-state index in [4.69, 9.17) is 4.74 Å². The van der Waals surface area contributed by atoms with Gasteiger partial charge in [0.1, 0.15) is 0 Å². The first-order chi connectivity index (χ1) is 10.6. The van der Waals surface area contributed by atoms with Gasteiger partial charge in [0.05, 0.1) is 19.3 Å². The molecule has 2 aliphatic heterocycles. The second kappa shape index (κ2) is 8.26. The highest BCUT2D eigenvalue weighted by Crippen LogP contribution is 2.20. The number of rotatable bonds is 5. The molecular weight excluding hydrogens is 286 g/mol. The number of nitrogens with zero attached hydrogens (tertiary/aromatic N) is 2. The van der Waals surface area contributed by atoms with E-state index in [9.17, 15) is 14.7 Å². The quantitative estimate of drug-likeness (QED) is 0.625. The average molecular weight is 311 g/mol. The monoisotopic (exact) mass is 311 g/mol. The minimum Gasteiger partial charge on any atom is -0.391 e. The van der Waals surface area contributed by atoms with Crippen LogP contribution >= 0.6 is 0 Å². The van der Waals surface area contributed by atoms with Crippen molar-refractivity contribution in [1.29, 1.82) is 0 Å². The van der Waals surface area contributed by atoms with E-state index in [1.165, 1.54) is 0 Å². The van der Waals surface area contributed by atoms with Gasteiger partial charge in [-0.1, -0.05) is 6.08 Å². The largest absolute Gasteiger partial charge is 0.391 e. The number of nitrogens with one attached hydrogen (secondary N) is 1. The van der Waals surface area contributed by atoms with Crippen LogP contribution in [0.25, 0.3) is 0 Å². The third-order valence-corrected chi connectivity index (χ3v) is 4.17. The minimum atomic E-state index is -0.631. The standard InChI is InChI=1S/C15H25N3O4/c1-16-14(20)9-12-10-18(11-13(12)19)15(21)3-2-4-17-5-7-22-8-6-17/h2-3,12-13,19H,4-11H2,1H3,(H,16,20)/b3-2+/t12-,13-/m0/s1. The Hall–Kier alpha value is -1.44. The van der Waals surface area contributed by atoms with Crippen LogP contribution in [0.4, 0.5) is 0 Å². The van der Waals surface area contributed by atoms with Crippen LogP contribution in [0, 0.1) is 5.92 Å². The van der Waals surface area contributed by atoms with Gasteiger partial charge in [-0.3, -0.25) is 14.5 Å². The van der Waals surface area contributed by atoms with Crippen LogP contribution in [0.5, 0.6) is 0 Å². The van der Waals surface area contributed by atoms with Crippen molar-refractivity contribution in [1.82, 2.24) is 15.1 Å². The van der Waals surface area contributed by atoms with Crippen molar-refractivity contribution in [3.63, 3.8) is 0 Å². The van der Waals surface area contributed by atoms with Gasteiger partial charge in [0.2, 0.25) is 11.8 Å². The van der Waals surface area contributed by atoms with Crippen LogP contribution in [-0.4, -0.2) is 85.8 Å². The number of carbonyl (C=O) groups excluding carboxylic acids is 2. The average Bonchev–Trinajstić information content (AvgIpc) is 2.89. The van der Waals surface area contributed by atoms with E-state index in [0.29, 0.717) is 13.1 Å². The van der Waals surface area contributed by atoms with Gasteiger partial charge in [0.25, 0.3) is 0 Å². The highest BCUT2D eigenvalue weighted by molar-refractivity contribution is 5.88. The third-order valence-electron chi connectivity index (χ3n) is 4.17. The van der Waals surface area contributed by atoms with Crippen LogP contribution in [0.1, 0.15) is 6.42 Å². The van der Waals surface area contributed by atoms with Gasteiger partial charge in [-0.25, -0.2) is 0 Å². The number of hydrogen-bond acceptors (Lipinski definition) is 5. The van der Waals surface area contributed by atoms with E-state index < -0.39 is 6.10 Å². The Kier molecular flexibility index (Phi) is 6.35. The molecule has 0 bridgehead atoms. The van der Waals surface area contributed by atoms with Gasteiger partial charge in [0, 0.05) is 58.2 Å². The molecule has 0 aliphatic carbocycles. The lowest BCUT2D eigenvalue weighted by Gasteiger charge is -2.25. The Morgan fingerprint density at radius 2 is 2.05 bits per heavy atom. The second-order valence-electron chi connectivity index (χ2n) is 5.76. The summed E-state index contributed by atoms with van der Waals surface area (Å²) in [6, 6.07) is 0. The Bertz CT molecular complexity index is 421. The molecule has 2 rings (SSSR count). The third kappa shape index (κ3) is 4.79. The number of hydrogen-bond donors (Lipinski definition) is 2. The number of amides is 2. The lowest BCUT2D eigenvalue weighted by molar-refractivity contribution is -0.126. The number of aliphatic hydroxyl groups is 1. The molecule has 2 amide bonds. The zero-order valence-electron chi connectivity index (χ0n) is 13.0. The normalized spacial score (nSPS) is 26.5. The Labute approximate surface area is 130 Å². The zero-order valence-corrected chi connectivity index (χ0v) is 13.0. The minimum absolute atomic E-state index is 0.105. The van der Waals surface area contributed by atoms with Crippen LogP contribution in [-0.2, 0) is 14.3 Å².